The molecule has 0 saturated heterocycles. The van der Waals surface area contributed by atoms with Crippen LogP contribution < -0.4 is 0 Å². The molecule has 0 aromatic carbocycles. The molecule has 72 valence electrons. The number of fused-ring (bicyclic) bond motifs is 1. The molecule has 0 radical (unpaired) electrons. The summed E-state index contributed by atoms with van der Waals surface area (Å²) in [6.45, 7) is 6.11. The molecule has 1 aromatic rings. The molecule has 1 unspecified atom stereocenters. The third-order valence-electron chi connectivity index (χ3n) is 2.02. The van der Waals surface area contributed by atoms with Gasteiger partial charge in [0, 0.05) is 12.6 Å². The standard InChI is InChI=1S/C9H13NOS2/c1-7(2)5-10-6-8-9(13(10)11)3-4-12-8/h3-4,7H,5-6H2,1-2H3. The van der Waals surface area contributed by atoms with Crippen LogP contribution >= 0.6 is 11.3 Å². The number of hydrogen-bond acceptors (Lipinski definition) is 3. The molecule has 2 nitrogen and oxygen atoms in total. The van der Waals surface area contributed by atoms with Crippen LogP contribution in [0.2, 0.25) is 0 Å². The summed E-state index contributed by atoms with van der Waals surface area (Å²) in [7, 11) is 0. The van der Waals surface area contributed by atoms with Gasteiger partial charge in [0.05, 0.1) is 22.8 Å². The third kappa shape index (κ3) is 1.76. The lowest BCUT2D eigenvalue weighted by Crippen LogP contribution is -2.28. The van der Waals surface area contributed by atoms with Gasteiger partial charge in [-0.1, -0.05) is 13.8 Å². The molecular weight excluding hydrogens is 202 g/mol. The Morgan fingerprint density at radius 3 is 3.08 bits per heavy atom. The van der Waals surface area contributed by atoms with Crippen molar-refractivity contribution in [3.05, 3.63) is 16.3 Å². The zero-order valence-corrected chi connectivity index (χ0v) is 9.45. The number of thiophene rings is 1. The van der Waals surface area contributed by atoms with E-state index in [1.165, 1.54) is 4.88 Å². The highest BCUT2D eigenvalue weighted by atomic mass is 32.2. The van der Waals surface area contributed by atoms with Crippen LogP contribution in [0.3, 0.4) is 0 Å². The Morgan fingerprint density at radius 2 is 2.46 bits per heavy atom. The number of nitrogens with zero attached hydrogens (tertiary/aromatic N) is 1. The Hall–Kier alpha value is -0.0300. The highest BCUT2D eigenvalue weighted by Gasteiger charge is 2.34. The summed E-state index contributed by atoms with van der Waals surface area (Å²) in [5, 5.41) is 2.02. The fourth-order valence-electron chi connectivity index (χ4n) is 1.50. The van der Waals surface area contributed by atoms with Crippen molar-refractivity contribution in [1.29, 1.82) is 0 Å². The Balaban J connectivity index is 2.10. The lowest BCUT2D eigenvalue weighted by Gasteiger charge is -2.18. The molecular formula is C9H13NOS2. The van der Waals surface area contributed by atoms with E-state index < -0.39 is 11.4 Å². The Morgan fingerprint density at radius 1 is 1.69 bits per heavy atom. The molecule has 2 rings (SSSR count). The Labute approximate surface area is 85.9 Å². The number of hydrogen-bond donors (Lipinski definition) is 0. The van der Waals surface area contributed by atoms with Gasteiger partial charge in [-0.15, -0.1) is 15.6 Å². The van der Waals surface area contributed by atoms with Gasteiger partial charge in [0.15, 0.2) is 4.90 Å². The van der Waals surface area contributed by atoms with Gasteiger partial charge in [-0.25, -0.2) is 0 Å². The average Bonchev–Trinajstić information content (AvgIpc) is 2.56. The summed E-state index contributed by atoms with van der Waals surface area (Å²) in [5.41, 5.74) is 0. The maximum atomic E-state index is 11.8. The van der Waals surface area contributed by atoms with Crippen LogP contribution in [-0.4, -0.2) is 15.4 Å². The van der Waals surface area contributed by atoms with Crippen molar-refractivity contribution in [2.75, 3.05) is 6.54 Å². The van der Waals surface area contributed by atoms with E-state index in [0.717, 1.165) is 18.0 Å². The van der Waals surface area contributed by atoms with Gasteiger partial charge >= 0.3 is 0 Å². The van der Waals surface area contributed by atoms with Gasteiger partial charge in [-0.3, -0.25) is 0 Å². The first-order chi connectivity index (χ1) is 6.18. The maximum Gasteiger partial charge on any atom is 0.189 e. The maximum absolute atomic E-state index is 11.8. The topological polar surface area (TPSA) is 26.3 Å². The molecule has 0 aliphatic carbocycles. The van der Waals surface area contributed by atoms with Crippen molar-refractivity contribution in [3.63, 3.8) is 0 Å². The van der Waals surface area contributed by atoms with Gasteiger partial charge < -0.3 is 4.55 Å². The predicted molar refractivity (Wildman–Crippen MR) is 56.0 cm³/mol. The van der Waals surface area contributed by atoms with E-state index in [1.54, 1.807) is 11.3 Å². The molecule has 1 aromatic heterocycles. The minimum atomic E-state index is -0.881. The molecule has 0 spiro atoms. The molecule has 4 heteroatoms. The van der Waals surface area contributed by atoms with E-state index in [9.17, 15) is 4.55 Å². The van der Waals surface area contributed by atoms with Gasteiger partial charge in [-0.2, -0.15) is 0 Å². The zero-order chi connectivity index (χ0) is 9.42. The molecule has 0 amide bonds. The smallest absolute Gasteiger partial charge is 0.189 e. The van der Waals surface area contributed by atoms with Crippen LogP contribution in [-0.2, 0) is 17.9 Å². The molecule has 0 N–H and O–H groups in total. The Kier molecular flexibility index (Phi) is 2.65. The SMILES string of the molecule is CC(C)CN1Cc2sccc2[S+]1[O-]. The molecule has 0 saturated carbocycles. The first-order valence-corrected chi connectivity index (χ1v) is 6.40. The highest BCUT2D eigenvalue weighted by Crippen LogP contribution is 2.34. The summed E-state index contributed by atoms with van der Waals surface area (Å²) in [6.07, 6.45) is 0. The van der Waals surface area contributed by atoms with Crippen LogP contribution in [0, 0.1) is 5.92 Å². The van der Waals surface area contributed by atoms with Crippen LogP contribution in [0.15, 0.2) is 16.3 Å². The summed E-state index contributed by atoms with van der Waals surface area (Å²) >= 11 is 0.831. The van der Waals surface area contributed by atoms with Crippen LogP contribution in [0.1, 0.15) is 18.7 Å². The lowest BCUT2D eigenvalue weighted by atomic mass is 10.2. The largest absolute Gasteiger partial charge is 0.593 e. The van der Waals surface area contributed by atoms with E-state index in [2.05, 4.69) is 13.8 Å². The zero-order valence-electron chi connectivity index (χ0n) is 7.82. The van der Waals surface area contributed by atoms with Crippen LogP contribution in [0.4, 0.5) is 0 Å². The summed E-state index contributed by atoms with van der Waals surface area (Å²) in [6, 6.07) is 1.98. The van der Waals surface area contributed by atoms with E-state index in [4.69, 9.17) is 0 Å². The molecule has 0 bridgehead atoms. The second-order valence-electron chi connectivity index (χ2n) is 3.67. The fourth-order valence-corrected chi connectivity index (χ4v) is 4.21. The normalized spacial score (nSPS) is 22.6. The predicted octanol–water partition coefficient (Wildman–Crippen LogP) is 2.24. The van der Waals surface area contributed by atoms with E-state index in [-0.39, 0.29) is 0 Å². The van der Waals surface area contributed by atoms with Gasteiger partial charge in [0.25, 0.3) is 0 Å². The molecule has 1 aliphatic rings. The molecule has 13 heavy (non-hydrogen) atoms. The summed E-state index contributed by atoms with van der Waals surface area (Å²) < 4.78 is 13.9. The Bertz CT molecular complexity index is 298. The number of rotatable bonds is 2. The van der Waals surface area contributed by atoms with Crippen LogP contribution in [0.25, 0.3) is 0 Å². The lowest BCUT2D eigenvalue weighted by molar-refractivity contribution is 0.377. The fraction of sp³-hybridized carbons (Fsp3) is 0.556. The van der Waals surface area contributed by atoms with Crippen molar-refractivity contribution in [1.82, 2.24) is 4.31 Å². The summed E-state index contributed by atoms with van der Waals surface area (Å²) in [4.78, 5) is 2.31. The summed E-state index contributed by atoms with van der Waals surface area (Å²) in [5.74, 6) is 0.581. The second-order valence-corrected chi connectivity index (χ2v) is 6.13. The van der Waals surface area contributed by atoms with E-state index in [0.29, 0.717) is 5.92 Å². The van der Waals surface area contributed by atoms with E-state index in [1.807, 2.05) is 15.8 Å². The van der Waals surface area contributed by atoms with Crippen molar-refractivity contribution in [2.45, 2.75) is 25.3 Å². The van der Waals surface area contributed by atoms with Crippen LogP contribution in [0.5, 0.6) is 0 Å². The minimum absolute atomic E-state index is 0.581. The third-order valence-corrected chi connectivity index (χ3v) is 4.56. The quantitative estimate of drug-likeness (QED) is 0.707. The van der Waals surface area contributed by atoms with Gasteiger partial charge in [-0.05, 0) is 11.3 Å². The van der Waals surface area contributed by atoms with Gasteiger partial charge in [0.2, 0.25) is 0 Å². The second kappa shape index (κ2) is 3.61. The highest BCUT2D eigenvalue weighted by molar-refractivity contribution is 7.89. The first-order valence-electron chi connectivity index (χ1n) is 4.41. The van der Waals surface area contributed by atoms with Crippen molar-refractivity contribution >= 4 is 22.7 Å². The average molecular weight is 215 g/mol. The molecule has 0 fully saturated rings. The van der Waals surface area contributed by atoms with Crippen molar-refractivity contribution in [2.24, 2.45) is 5.92 Å². The minimum Gasteiger partial charge on any atom is -0.593 e. The first kappa shape index (κ1) is 9.52. The van der Waals surface area contributed by atoms with Crippen molar-refractivity contribution < 1.29 is 4.55 Å². The van der Waals surface area contributed by atoms with Crippen molar-refractivity contribution in [3.8, 4) is 0 Å². The molecule has 1 aliphatic heterocycles. The monoisotopic (exact) mass is 215 g/mol. The van der Waals surface area contributed by atoms with Gasteiger partial charge in [0.1, 0.15) is 0 Å². The van der Waals surface area contributed by atoms with E-state index >= 15 is 0 Å². The molecule has 2 heterocycles. The molecule has 1 atom stereocenters.